The first-order valence-electron chi connectivity index (χ1n) is 7.09. The van der Waals surface area contributed by atoms with E-state index in [4.69, 9.17) is 4.74 Å². The largest absolute Gasteiger partial charge is 0.396 e. The van der Waals surface area contributed by atoms with Crippen LogP contribution < -0.4 is 0 Å². The van der Waals surface area contributed by atoms with Gasteiger partial charge in [0.05, 0.1) is 17.8 Å². The normalized spacial score (nSPS) is 39.6. The van der Waals surface area contributed by atoms with Gasteiger partial charge in [0.15, 0.2) is 0 Å². The highest BCUT2D eigenvalue weighted by molar-refractivity contribution is 5.03. The van der Waals surface area contributed by atoms with Crippen molar-refractivity contribution >= 4 is 0 Å². The van der Waals surface area contributed by atoms with Crippen LogP contribution in [0.15, 0.2) is 12.2 Å². The molecule has 104 valence electrons. The fourth-order valence-electron chi connectivity index (χ4n) is 3.85. The van der Waals surface area contributed by atoms with Crippen LogP contribution in [-0.2, 0) is 4.74 Å². The molecule has 2 saturated carbocycles. The molecule has 3 nitrogen and oxygen atoms in total. The molecule has 0 saturated heterocycles. The van der Waals surface area contributed by atoms with Crippen LogP contribution in [0.25, 0.3) is 0 Å². The molecule has 3 heteroatoms. The minimum atomic E-state index is -0.564. The SMILES string of the molecule is C=C(C)COC1(CCO)CC2CCCC(O)(C2)C1. The summed E-state index contributed by atoms with van der Waals surface area (Å²) in [6.07, 6.45) is 6.37. The maximum absolute atomic E-state index is 10.6. The molecule has 2 N–H and O–H groups in total. The third-order valence-corrected chi connectivity index (χ3v) is 4.43. The van der Waals surface area contributed by atoms with E-state index >= 15 is 0 Å². The third kappa shape index (κ3) is 3.14. The summed E-state index contributed by atoms with van der Waals surface area (Å²) in [7, 11) is 0. The number of fused-ring (bicyclic) bond motifs is 2. The van der Waals surface area contributed by atoms with Gasteiger partial charge in [-0.1, -0.05) is 25.0 Å². The van der Waals surface area contributed by atoms with E-state index in [1.165, 1.54) is 6.42 Å². The summed E-state index contributed by atoms with van der Waals surface area (Å²) in [6, 6.07) is 0. The van der Waals surface area contributed by atoms with Gasteiger partial charge in [0.25, 0.3) is 0 Å². The zero-order valence-electron chi connectivity index (χ0n) is 11.5. The maximum atomic E-state index is 10.6. The second-order valence-corrected chi connectivity index (χ2v) is 6.47. The van der Waals surface area contributed by atoms with E-state index in [2.05, 4.69) is 6.58 Å². The molecule has 3 atom stereocenters. The molecule has 0 aromatic carbocycles. The van der Waals surface area contributed by atoms with Crippen molar-refractivity contribution in [1.82, 2.24) is 0 Å². The van der Waals surface area contributed by atoms with Crippen LogP contribution in [0.4, 0.5) is 0 Å². The van der Waals surface area contributed by atoms with Crippen LogP contribution in [-0.4, -0.2) is 34.6 Å². The molecule has 2 bridgehead atoms. The Hall–Kier alpha value is -0.380. The maximum Gasteiger partial charge on any atom is 0.0738 e. The van der Waals surface area contributed by atoms with E-state index in [0.29, 0.717) is 25.4 Å². The number of aliphatic hydroxyl groups excluding tert-OH is 1. The van der Waals surface area contributed by atoms with Gasteiger partial charge < -0.3 is 14.9 Å². The molecule has 0 spiro atoms. The highest BCUT2D eigenvalue weighted by Crippen LogP contribution is 2.49. The first-order chi connectivity index (χ1) is 8.47. The van der Waals surface area contributed by atoms with Gasteiger partial charge >= 0.3 is 0 Å². The molecule has 2 aliphatic carbocycles. The van der Waals surface area contributed by atoms with Crippen molar-refractivity contribution < 1.29 is 14.9 Å². The standard InChI is InChI=1S/C15H26O3/c1-12(2)10-18-15(6-7-16)9-13-4-3-5-14(17,8-13)11-15/h13,16-17H,1,3-11H2,2H3. The van der Waals surface area contributed by atoms with Gasteiger partial charge in [-0.2, -0.15) is 0 Å². The first-order valence-corrected chi connectivity index (χ1v) is 7.09. The van der Waals surface area contributed by atoms with Gasteiger partial charge in [-0.25, -0.2) is 0 Å². The van der Waals surface area contributed by atoms with Gasteiger partial charge in [-0.05, 0) is 38.5 Å². The predicted molar refractivity (Wildman–Crippen MR) is 71.3 cm³/mol. The second-order valence-electron chi connectivity index (χ2n) is 6.47. The van der Waals surface area contributed by atoms with E-state index in [0.717, 1.165) is 31.3 Å². The molecule has 0 aliphatic heterocycles. The molecule has 0 amide bonds. The van der Waals surface area contributed by atoms with E-state index in [9.17, 15) is 10.2 Å². The van der Waals surface area contributed by atoms with E-state index in [-0.39, 0.29) is 12.2 Å². The van der Waals surface area contributed by atoms with Gasteiger partial charge in [0.1, 0.15) is 0 Å². The molecule has 0 heterocycles. The summed E-state index contributed by atoms with van der Waals surface area (Å²) >= 11 is 0. The van der Waals surface area contributed by atoms with Crippen LogP contribution in [0.1, 0.15) is 51.9 Å². The molecular formula is C15H26O3. The summed E-state index contributed by atoms with van der Waals surface area (Å²) in [5, 5.41) is 20.0. The number of hydrogen-bond donors (Lipinski definition) is 2. The van der Waals surface area contributed by atoms with E-state index < -0.39 is 5.60 Å². The monoisotopic (exact) mass is 254 g/mol. The second kappa shape index (κ2) is 5.32. The average Bonchev–Trinajstić information content (AvgIpc) is 2.25. The lowest BCUT2D eigenvalue weighted by molar-refractivity contribution is -0.167. The van der Waals surface area contributed by atoms with Gasteiger partial charge in [-0.3, -0.25) is 0 Å². The van der Waals surface area contributed by atoms with Gasteiger partial charge in [0, 0.05) is 13.0 Å². The van der Waals surface area contributed by atoms with Crippen molar-refractivity contribution in [3.8, 4) is 0 Å². The fraction of sp³-hybridized carbons (Fsp3) is 0.867. The Morgan fingerprint density at radius 3 is 2.83 bits per heavy atom. The van der Waals surface area contributed by atoms with E-state index in [1.807, 2.05) is 6.92 Å². The highest BCUT2D eigenvalue weighted by atomic mass is 16.5. The number of ether oxygens (including phenoxy) is 1. The molecule has 0 aromatic heterocycles. The average molecular weight is 254 g/mol. The zero-order chi connectivity index (χ0) is 13.2. The van der Waals surface area contributed by atoms with Gasteiger partial charge in [-0.15, -0.1) is 0 Å². The van der Waals surface area contributed by atoms with E-state index in [1.54, 1.807) is 0 Å². The molecule has 3 unspecified atom stereocenters. The van der Waals surface area contributed by atoms with Crippen molar-refractivity contribution in [3.05, 3.63) is 12.2 Å². The molecular weight excluding hydrogens is 228 g/mol. The summed E-state index contributed by atoms with van der Waals surface area (Å²) in [4.78, 5) is 0. The highest BCUT2D eigenvalue weighted by Gasteiger charge is 2.49. The Bertz CT molecular complexity index is 315. The van der Waals surface area contributed by atoms with Crippen molar-refractivity contribution in [2.75, 3.05) is 13.2 Å². The molecule has 0 radical (unpaired) electrons. The van der Waals surface area contributed by atoms with Crippen LogP contribution in [0.3, 0.4) is 0 Å². The summed E-state index contributed by atoms with van der Waals surface area (Å²) in [5.41, 5.74) is 0.0898. The number of aliphatic hydroxyl groups is 2. The van der Waals surface area contributed by atoms with Crippen molar-refractivity contribution in [3.63, 3.8) is 0 Å². The minimum Gasteiger partial charge on any atom is -0.396 e. The molecule has 2 fully saturated rings. The Labute approximate surface area is 110 Å². The topological polar surface area (TPSA) is 49.7 Å². The first kappa shape index (κ1) is 14.0. The molecule has 2 rings (SSSR count). The Morgan fingerprint density at radius 2 is 2.22 bits per heavy atom. The summed E-state index contributed by atoms with van der Waals surface area (Å²) in [5.74, 6) is 0.550. The lowest BCUT2D eigenvalue weighted by Gasteiger charge is -2.51. The summed E-state index contributed by atoms with van der Waals surface area (Å²) in [6.45, 7) is 6.47. The van der Waals surface area contributed by atoms with Crippen molar-refractivity contribution in [2.45, 2.75) is 63.1 Å². The smallest absolute Gasteiger partial charge is 0.0738 e. The number of rotatable bonds is 5. The quantitative estimate of drug-likeness (QED) is 0.741. The molecule has 18 heavy (non-hydrogen) atoms. The van der Waals surface area contributed by atoms with Crippen LogP contribution in [0.2, 0.25) is 0 Å². The Kier molecular flexibility index (Phi) is 4.15. The van der Waals surface area contributed by atoms with Gasteiger partial charge in [0.2, 0.25) is 0 Å². The van der Waals surface area contributed by atoms with Crippen LogP contribution in [0, 0.1) is 5.92 Å². The van der Waals surface area contributed by atoms with Crippen LogP contribution >= 0.6 is 0 Å². The molecule has 2 aliphatic rings. The zero-order valence-corrected chi connectivity index (χ0v) is 11.5. The fourth-order valence-corrected chi connectivity index (χ4v) is 3.85. The lowest BCUT2D eigenvalue weighted by Crippen LogP contribution is -2.52. The minimum absolute atomic E-state index is 0.124. The van der Waals surface area contributed by atoms with Crippen molar-refractivity contribution in [2.24, 2.45) is 5.92 Å². The predicted octanol–water partition coefficient (Wildman–Crippen LogP) is 2.42. The number of hydrogen-bond acceptors (Lipinski definition) is 3. The lowest BCUT2D eigenvalue weighted by atomic mass is 9.62. The Balaban J connectivity index is 2.11. The third-order valence-electron chi connectivity index (χ3n) is 4.43. The molecule has 0 aromatic rings. The van der Waals surface area contributed by atoms with Crippen molar-refractivity contribution in [1.29, 1.82) is 0 Å². The summed E-state index contributed by atoms with van der Waals surface area (Å²) < 4.78 is 6.05. The van der Waals surface area contributed by atoms with Crippen LogP contribution in [0.5, 0.6) is 0 Å². The Morgan fingerprint density at radius 1 is 1.44 bits per heavy atom.